The van der Waals surface area contributed by atoms with Gasteiger partial charge in [-0.05, 0) is 50.3 Å². The van der Waals surface area contributed by atoms with Crippen molar-refractivity contribution >= 4 is 53.1 Å². The number of rotatable bonds is 8. The van der Waals surface area contributed by atoms with Crippen LogP contribution in [-0.2, 0) is 24.8 Å². The third kappa shape index (κ3) is 7.55. The van der Waals surface area contributed by atoms with E-state index in [9.17, 15) is 0 Å². The van der Waals surface area contributed by atoms with Gasteiger partial charge in [-0.25, -0.2) is 4.99 Å². The average Bonchev–Trinajstić information content (AvgIpc) is 3.33. The Balaban J connectivity index is 0.00000320. The number of guanidine groups is 1. The van der Waals surface area contributed by atoms with Gasteiger partial charge in [-0.1, -0.05) is 29.3 Å². The summed E-state index contributed by atoms with van der Waals surface area (Å²) in [5.74, 6) is 2.45. The van der Waals surface area contributed by atoms with Crippen LogP contribution in [0.4, 0.5) is 0 Å². The predicted octanol–water partition coefficient (Wildman–Crippen LogP) is 3.90. The lowest BCUT2D eigenvalue weighted by Crippen LogP contribution is -2.41. The van der Waals surface area contributed by atoms with Crippen LogP contribution in [0.1, 0.15) is 36.5 Å². The lowest BCUT2D eigenvalue weighted by atomic mass is 10.1. The number of hydrogen-bond acceptors (Lipinski definition) is 4. The minimum atomic E-state index is 0. The van der Waals surface area contributed by atoms with E-state index in [1.54, 1.807) is 6.07 Å². The molecule has 2 aromatic rings. The lowest BCUT2D eigenvalue weighted by molar-refractivity contribution is 0.114. The molecule has 0 saturated carbocycles. The fraction of sp³-hybridized carbons (Fsp3) is 0.550. The summed E-state index contributed by atoms with van der Waals surface area (Å²) in [7, 11) is 1.95. The molecule has 1 aromatic heterocycles. The minimum absolute atomic E-state index is 0. The van der Waals surface area contributed by atoms with Crippen molar-refractivity contribution in [2.24, 2.45) is 12.0 Å². The van der Waals surface area contributed by atoms with Gasteiger partial charge in [0, 0.05) is 36.8 Å². The first-order valence-electron chi connectivity index (χ1n) is 9.95. The first kappa shape index (κ1) is 25.2. The molecular formula is C20H29Cl2IN6O. The van der Waals surface area contributed by atoms with Crippen LogP contribution in [0.2, 0.25) is 10.0 Å². The molecule has 2 heterocycles. The van der Waals surface area contributed by atoms with E-state index in [-0.39, 0.29) is 30.1 Å². The Bertz CT molecular complexity index is 839. The zero-order valence-corrected chi connectivity index (χ0v) is 21.2. The van der Waals surface area contributed by atoms with Gasteiger partial charge in [0.25, 0.3) is 0 Å². The molecule has 1 saturated heterocycles. The maximum Gasteiger partial charge on any atom is 0.191 e. The fourth-order valence-electron chi connectivity index (χ4n) is 3.14. The molecule has 10 heteroatoms. The minimum Gasteiger partial charge on any atom is -0.376 e. The van der Waals surface area contributed by atoms with Gasteiger partial charge in [-0.2, -0.15) is 0 Å². The van der Waals surface area contributed by atoms with Gasteiger partial charge >= 0.3 is 0 Å². The monoisotopic (exact) mass is 566 g/mol. The predicted molar refractivity (Wildman–Crippen MR) is 132 cm³/mol. The van der Waals surface area contributed by atoms with Crippen LogP contribution in [0.25, 0.3) is 0 Å². The van der Waals surface area contributed by atoms with Crippen LogP contribution in [0.5, 0.6) is 0 Å². The summed E-state index contributed by atoms with van der Waals surface area (Å²) >= 11 is 12.2. The van der Waals surface area contributed by atoms with Gasteiger partial charge < -0.3 is 19.9 Å². The summed E-state index contributed by atoms with van der Waals surface area (Å²) in [6.07, 6.45) is 4.23. The molecule has 0 amide bonds. The molecule has 1 aromatic carbocycles. The molecular weight excluding hydrogens is 538 g/mol. The molecule has 7 nitrogen and oxygen atoms in total. The molecule has 1 atom stereocenters. The largest absolute Gasteiger partial charge is 0.376 e. The molecule has 30 heavy (non-hydrogen) atoms. The second-order valence-corrected chi connectivity index (χ2v) is 8.01. The number of aryl methyl sites for hydroxylation is 2. The summed E-state index contributed by atoms with van der Waals surface area (Å²) in [5.41, 5.74) is 1.10. The third-order valence-corrected chi connectivity index (χ3v) is 5.60. The number of ether oxygens (including phenoxy) is 1. The Morgan fingerprint density at radius 2 is 2.13 bits per heavy atom. The van der Waals surface area contributed by atoms with E-state index >= 15 is 0 Å². The van der Waals surface area contributed by atoms with Crippen molar-refractivity contribution in [2.75, 3.05) is 19.7 Å². The molecule has 3 rings (SSSR count). The Morgan fingerprint density at radius 3 is 2.80 bits per heavy atom. The molecule has 1 aliphatic rings. The number of halogens is 3. The van der Waals surface area contributed by atoms with E-state index in [0.717, 1.165) is 68.6 Å². The van der Waals surface area contributed by atoms with Gasteiger partial charge in [0.15, 0.2) is 11.8 Å². The molecule has 166 valence electrons. The number of nitrogens with one attached hydrogen (secondary N) is 2. The number of benzene rings is 1. The number of aromatic nitrogens is 3. The van der Waals surface area contributed by atoms with Gasteiger partial charge in [0.05, 0.1) is 6.10 Å². The van der Waals surface area contributed by atoms with Crippen molar-refractivity contribution in [1.29, 1.82) is 0 Å². The first-order chi connectivity index (χ1) is 14.0. The van der Waals surface area contributed by atoms with Crippen molar-refractivity contribution in [1.82, 2.24) is 25.4 Å². The summed E-state index contributed by atoms with van der Waals surface area (Å²) in [6.45, 7) is 4.74. The molecule has 1 aliphatic heterocycles. The Kier molecular flexibility index (Phi) is 10.6. The summed E-state index contributed by atoms with van der Waals surface area (Å²) in [6, 6.07) is 5.63. The van der Waals surface area contributed by atoms with Crippen molar-refractivity contribution < 1.29 is 4.74 Å². The lowest BCUT2D eigenvalue weighted by Gasteiger charge is -2.16. The van der Waals surface area contributed by atoms with Crippen LogP contribution in [0.3, 0.4) is 0 Å². The smallest absolute Gasteiger partial charge is 0.191 e. The van der Waals surface area contributed by atoms with Crippen LogP contribution in [-0.4, -0.2) is 46.5 Å². The molecule has 0 bridgehead atoms. The van der Waals surface area contributed by atoms with Gasteiger partial charge in [0.2, 0.25) is 0 Å². The summed E-state index contributed by atoms with van der Waals surface area (Å²) < 4.78 is 7.65. The highest BCUT2D eigenvalue weighted by Gasteiger charge is 2.15. The Labute approximate surface area is 205 Å². The van der Waals surface area contributed by atoms with E-state index in [4.69, 9.17) is 27.9 Å². The molecule has 0 spiro atoms. The molecule has 1 fully saturated rings. The van der Waals surface area contributed by atoms with E-state index in [0.29, 0.717) is 16.6 Å². The second kappa shape index (κ2) is 12.7. The maximum atomic E-state index is 6.26. The van der Waals surface area contributed by atoms with Crippen molar-refractivity contribution in [3.8, 4) is 0 Å². The van der Waals surface area contributed by atoms with E-state index in [1.165, 1.54) is 0 Å². The molecule has 0 aliphatic carbocycles. The highest BCUT2D eigenvalue weighted by Crippen LogP contribution is 2.21. The Hall–Kier alpha value is -1.10. The van der Waals surface area contributed by atoms with E-state index in [2.05, 4.69) is 25.8 Å². The van der Waals surface area contributed by atoms with Crippen LogP contribution in [0, 0.1) is 6.92 Å². The zero-order valence-electron chi connectivity index (χ0n) is 17.3. The second-order valence-electron chi connectivity index (χ2n) is 7.17. The van der Waals surface area contributed by atoms with Gasteiger partial charge in [0.1, 0.15) is 12.4 Å². The van der Waals surface area contributed by atoms with Crippen molar-refractivity contribution in [3.63, 3.8) is 0 Å². The SMILES string of the molecule is Cc1nnc(CN=C(NCCCc2ccc(Cl)cc2Cl)NCC2CCCO2)n1C.I. The van der Waals surface area contributed by atoms with Crippen molar-refractivity contribution in [2.45, 2.75) is 45.3 Å². The molecule has 0 radical (unpaired) electrons. The van der Waals surface area contributed by atoms with Crippen molar-refractivity contribution in [3.05, 3.63) is 45.5 Å². The number of aliphatic imine (C=N–C) groups is 1. The van der Waals surface area contributed by atoms with Crippen LogP contribution >= 0.6 is 47.2 Å². The fourth-order valence-corrected chi connectivity index (χ4v) is 3.64. The quantitative estimate of drug-likeness (QED) is 0.219. The number of hydrogen-bond donors (Lipinski definition) is 2. The number of nitrogens with zero attached hydrogens (tertiary/aromatic N) is 4. The molecule has 1 unspecified atom stereocenters. The maximum absolute atomic E-state index is 6.26. The highest BCUT2D eigenvalue weighted by molar-refractivity contribution is 14.0. The highest BCUT2D eigenvalue weighted by atomic mass is 127. The van der Waals surface area contributed by atoms with E-state index < -0.39 is 0 Å². The Morgan fingerprint density at radius 1 is 1.30 bits per heavy atom. The third-order valence-electron chi connectivity index (χ3n) is 5.01. The summed E-state index contributed by atoms with van der Waals surface area (Å²) in [4.78, 5) is 4.67. The summed E-state index contributed by atoms with van der Waals surface area (Å²) in [5, 5.41) is 16.4. The van der Waals surface area contributed by atoms with Crippen LogP contribution in [0.15, 0.2) is 23.2 Å². The first-order valence-corrected chi connectivity index (χ1v) is 10.7. The van der Waals surface area contributed by atoms with Crippen LogP contribution < -0.4 is 10.6 Å². The van der Waals surface area contributed by atoms with Gasteiger partial charge in [-0.3, -0.25) is 0 Å². The zero-order chi connectivity index (χ0) is 20.6. The average molecular weight is 567 g/mol. The standard InChI is InChI=1S/C20H28Cl2N6O.HI/c1-14-26-27-19(28(14)2)13-25-20(24-12-17-6-4-10-29-17)23-9-3-5-15-7-8-16(21)11-18(15)22;/h7-8,11,17H,3-6,9-10,12-13H2,1-2H3,(H2,23,24,25);1H. The normalized spacial score (nSPS) is 16.4. The molecule has 2 N–H and O–H groups in total. The topological polar surface area (TPSA) is 76.4 Å². The van der Waals surface area contributed by atoms with E-state index in [1.807, 2.05) is 30.7 Å². The van der Waals surface area contributed by atoms with Gasteiger partial charge in [-0.15, -0.1) is 34.2 Å².